The lowest BCUT2D eigenvalue weighted by Gasteiger charge is -2.34. The van der Waals surface area contributed by atoms with Gasteiger partial charge in [0.1, 0.15) is 6.29 Å². The summed E-state index contributed by atoms with van der Waals surface area (Å²) in [7, 11) is -3.71. The van der Waals surface area contributed by atoms with Gasteiger partial charge in [0.25, 0.3) is 0 Å². The van der Waals surface area contributed by atoms with Gasteiger partial charge in [-0.2, -0.15) is 11.8 Å². The molecule has 0 amide bonds. The molecule has 0 spiro atoms. The van der Waals surface area contributed by atoms with Crippen LogP contribution in [0.25, 0.3) is 0 Å². The van der Waals surface area contributed by atoms with E-state index in [-0.39, 0.29) is 18.7 Å². The van der Waals surface area contributed by atoms with Gasteiger partial charge < -0.3 is 19.3 Å². The molecule has 1 aliphatic carbocycles. The topological polar surface area (TPSA) is 83.8 Å². The van der Waals surface area contributed by atoms with Crippen LogP contribution in [0.2, 0.25) is 0 Å². The molecular formula is C24H47O5PS. The van der Waals surface area contributed by atoms with E-state index in [0.717, 1.165) is 50.6 Å². The summed E-state index contributed by atoms with van der Waals surface area (Å²) in [6.45, 7) is 2.18. The second-order valence-corrected chi connectivity index (χ2v) is 12.2. The lowest BCUT2D eigenvalue weighted by molar-refractivity contribution is -0.107. The Morgan fingerprint density at radius 1 is 1.03 bits per heavy atom. The van der Waals surface area contributed by atoms with E-state index in [1.807, 2.05) is 18.7 Å². The molecule has 1 aliphatic rings. The molecule has 0 aromatic carbocycles. The van der Waals surface area contributed by atoms with Crippen molar-refractivity contribution in [2.45, 2.75) is 109 Å². The lowest BCUT2D eigenvalue weighted by Crippen LogP contribution is -2.32. The number of thioether (sulfide) groups is 1. The molecule has 0 radical (unpaired) electrons. The van der Waals surface area contributed by atoms with Crippen molar-refractivity contribution in [1.29, 1.82) is 0 Å². The van der Waals surface area contributed by atoms with Crippen LogP contribution in [0.15, 0.2) is 0 Å². The number of unbranched alkanes of at least 4 members (excludes halogenated alkanes) is 6. The summed E-state index contributed by atoms with van der Waals surface area (Å²) in [6, 6.07) is 0. The van der Waals surface area contributed by atoms with Crippen molar-refractivity contribution < 1.29 is 23.9 Å². The Balaban J connectivity index is 2.27. The van der Waals surface area contributed by atoms with E-state index >= 15 is 0 Å². The fourth-order valence-corrected chi connectivity index (χ4v) is 6.95. The van der Waals surface area contributed by atoms with Crippen LogP contribution in [0.4, 0.5) is 0 Å². The molecule has 7 heteroatoms. The standard InChI is InChI=1S/C24H47O5PS/c1-2-18-29-30(27,28)21-24(26)23(22-14-8-6-9-15-22)16-10-4-3-5-12-19-31-20-13-7-11-17-25/h17,22-24,26H,2-16,18-21H2,1H3,(H,27,28). The first-order valence-corrected chi connectivity index (χ1v) is 15.6. The Kier molecular flexibility index (Phi) is 17.4. The highest BCUT2D eigenvalue weighted by Gasteiger charge is 2.34. The quantitative estimate of drug-likeness (QED) is 0.117. The van der Waals surface area contributed by atoms with Gasteiger partial charge in [0.05, 0.1) is 18.9 Å². The van der Waals surface area contributed by atoms with Crippen LogP contribution < -0.4 is 0 Å². The van der Waals surface area contributed by atoms with E-state index in [9.17, 15) is 19.4 Å². The number of aldehydes is 1. The average Bonchev–Trinajstić information content (AvgIpc) is 2.76. The van der Waals surface area contributed by atoms with Gasteiger partial charge in [-0.25, -0.2) is 0 Å². The molecule has 0 aromatic rings. The van der Waals surface area contributed by atoms with Crippen LogP contribution in [0.1, 0.15) is 103 Å². The normalized spacial score (nSPS) is 19.1. The van der Waals surface area contributed by atoms with Gasteiger partial charge in [-0.1, -0.05) is 64.7 Å². The first kappa shape index (κ1) is 29.2. The Bertz CT molecular complexity index is 485. The third-order valence-corrected chi connectivity index (χ3v) is 8.93. The Hall–Kier alpha value is 0.130. The summed E-state index contributed by atoms with van der Waals surface area (Å²) in [4.78, 5) is 20.4. The van der Waals surface area contributed by atoms with Crippen LogP contribution >= 0.6 is 19.4 Å². The monoisotopic (exact) mass is 478 g/mol. The molecule has 1 saturated carbocycles. The minimum Gasteiger partial charge on any atom is -0.392 e. The van der Waals surface area contributed by atoms with Gasteiger partial charge >= 0.3 is 7.60 Å². The van der Waals surface area contributed by atoms with Gasteiger partial charge in [0.2, 0.25) is 0 Å². The third kappa shape index (κ3) is 14.8. The molecule has 0 aromatic heterocycles. The van der Waals surface area contributed by atoms with E-state index in [1.54, 1.807) is 0 Å². The predicted octanol–water partition coefficient (Wildman–Crippen LogP) is 6.60. The van der Waals surface area contributed by atoms with Gasteiger partial charge in [-0.05, 0) is 55.4 Å². The molecule has 2 N–H and O–H groups in total. The maximum Gasteiger partial charge on any atom is 0.330 e. The molecule has 3 unspecified atom stereocenters. The number of carbonyl (C=O) groups excluding carboxylic acids is 1. The third-order valence-electron chi connectivity index (χ3n) is 6.35. The Morgan fingerprint density at radius 3 is 2.35 bits per heavy atom. The Morgan fingerprint density at radius 2 is 1.68 bits per heavy atom. The van der Waals surface area contributed by atoms with E-state index in [2.05, 4.69) is 0 Å². The summed E-state index contributed by atoms with van der Waals surface area (Å²) in [5.41, 5.74) is 0. The van der Waals surface area contributed by atoms with E-state index in [1.165, 1.54) is 50.7 Å². The van der Waals surface area contributed by atoms with Crippen molar-refractivity contribution in [1.82, 2.24) is 0 Å². The Labute approximate surface area is 195 Å². The zero-order valence-corrected chi connectivity index (χ0v) is 21.4. The van der Waals surface area contributed by atoms with E-state index in [4.69, 9.17) is 4.52 Å². The summed E-state index contributed by atoms with van der Waals surface area (Å²) in [5, 5.41) is 10.8. The molecule has 0 aliphatic heterocycles. The van der Waals surface area contributed by atoms with Crippen molar-refractivity contribution >= 4 is 25.6 Å². The van der Waals surface area contributed by atoms with Crippen LogP contribution in [-0.4, -0.2) is 46.7 Å². The maximum atomic E-state index is 12.3. The summed E-state index contributed by atoms with van der Waals surface area (Å²) < 4.78 is 17.4. The molecule has 0 bridgehead atoms. The van der Waals surface area contributed by atoms with Crippen LogP contribution in [0, 0.1) is 11.8 Å². The zero-order valence-electron chi connectivity index (χ0n) is 19.7. The maximum absolute atomic E-state index is 12.3. The van der Waals surface area contributed by atoms with Crippen molar-refractivity contribution in [3.63, 3.8) is 0 Å². The van der Waals surface area contributed by atoms with Crippen LogP contribution in [0.3, 0.4) is 0 Å². The second kappa shape index (κ2) is 18.5. The molecule has 184 valence electrons. The van der Waals surface area contributed by atoms with Crippen molar-refractivity contribution in [3.05, 3.63) is 0 Å². The summed E-state index contributed by atoms with van der Waals surface area (Å²) in [5.74, 6) is 2.96. The van der Waals surface area contributed by atoms with E-state index < -0.39 is 13.7 Å². The minimum atomic E-state index is -3.71. The predicted molar refractivity (Wildman–Crippen MR) is 132 cm³/mol. The number of hydrogen-bond acceptors (Lipinski definition) is 5. The first-order valence-electron chi connectivity index (χ1n) is 12.7. The first-order chi connectivity index (χ1) is 15.0. The minimum absolute atomic E-state index is 0.118. The van der Waals surface area contributed by atoms with Crippen molar-refractivity contribution in [2.75, 3.05) is 24.3 Å². The highest BCUT2D eigenvalue weighted by molar-refractivity contribution is 7.99. The van der Waals surface area contributed by atoms with Crippen molar-refractivity contribution in [3.8, 4) is 0 Å². The van der Waals surface area contributed by atoms with Crippen molar-refractivity contribution in [2.24, 2.45) is 11.8 Å². The summed E-state index contributed by atoms with van der Waals surface area (Å²) in [6.07, 6.45) is 16.6. The van der Waals surface area contributed by atoms with E-state index in [0.29, 0.717) is 18.8 Å². The molecule has 31 heavy (non-hydrogen) atoms. The van der Waals surface area contributed by atoms with Gasteiger partial charge in [0, 0.05) is 6.42 Å². The molecule has 0 saturated heterocycles. The second-order valence-electron chi connectivity index (χ2n) is 9.11. The molecule has 1 rings (SSSR count). The SMILES string of the molecule is CCCOP(=O)(O)CC(O)C(CCCCCCCSCCCCC=O)C1CCCCC1. The number of aliphatic hydroxyl groups excluding tert-OH is 1. The number of aliphatic hydroxyl groups is 1. The smallest absolute Gasteiger partial charge is 0.330 e. The molecule has 5 nitrogen and oxygen atoms in total. The fourth-order valence-electron chi connectivity index (χ4n) is 4.61. The van der Waals surface area contributed by atoms with Crippen LogP contribution in [-0.2, 0) is 13.9 Å². The van der Waals surface area contributed by atoms with Gasteiger partial charge in [0.15, 0.2) is 0 Å². The average molecular weight is 479 g/mol. The number of carbonyl (C=O) groups is 1. The highest BCUT2D eigenvalue weighted by Crippen LogP contribution is 2.45. The highest BCUT2D eigenvalue weighted by atomic mass is 32.2. The number of rotatable bonds is 20. The van der Waals surface area contributed by atoms with Gasteiger partial charge in [-0.3, -0.25) is 4.57 Å². The molecular weight excluding hydrogens is 431 g/mol. The molecule has 0 heterocycles. The summed E-state index contributed by atoms with van der Waals surface area (Å²) >= 11 is 1.99. The molecule has 3 atom stereocenters. The van der Waals surface area contributed by atoms with Crippen LogP contribution in [0.5, 0.6) is 0 Å². The zero-order chi connectivity index (χ0) is 22.8. The number of hydrogen-bond donors (Lipinski definition) is 2. The fraction of sp³-hybridized carbons (Fsp3) is 0.958. The largest absolute Gasteiger partial charge is 0.392 e. The van der Waals surface area contributed by atoms with Gasteiger partial charge in [-0.15, -0.1) is 0 Å². The molecule has 1 fully saturated rings. The lowest BCUT2D eigenvalue weighted by atomic mass is 9.75.